The maximum absolute atomic E-state index is 13.3. The first-order valence-electron chi connectivity index (χ1n) is 7.88. The second-order valence-corrected chi connectivity index (χ2v) is 6.95. The Hall–Kier alpha value is -2.32. The predicted octanol–water partition coefficient (Wildman–Crippen LogP) is 4.00. The van der Waals surface area contributed by atoms with Gasteiger partial charge in [0.1, 0.15) is 11.9 Å². The average molecular weight is 394 g/mol. The van der Waals surface area contributed by atoms with Gasteiger partial charge in [-0.05, 0) is 48.8 Å². The molecule has 3 aromatic rings. The maximum Gasteiger partial charge on any atom is 0.249 e. The van der Waals surface area contributed by atoms with Crippen LogP contribution in [-0.4, -0.2) is 37.7 Å². The highest BCUT2D eigenvalue weighted by Crippen LogP contribution is 2.23. The third kappa shape index (κ3) is 4.25. The predicted molar refractivity (Wildman–Crippen MR) is 102 cm³/mol. The number of hydrogen-bond acceptors (Lipinski definition) is 4. The Morgan fingerprint density at radius 3 is 2.88 bits per heavy atom. The fourth-order valence-corrected chi connectivity index (χ4v) is 3.12. The molecule has 1 atom stereocenters. The number of anilines is 1. The number of rotatable bonds is 7. The SMILES string of the molecule is CSCC[C@@H](C(=O)Nc1n[nH]c(-c2ccc(F)c(Cl)c2)n1)n1cccc1. The van der Waals surface area contributed by atoms with Gasteiger partial charge < -0.3 is 4.57 Å². The van der Waals surface area contributed by atoms with Crippen LogP contribution < -0.4 is 5.32 Å². The molecule has 2 heterocycles. The second-order valence-electron chi connectivity index (χ2n) is 5.55. The summed E-state index contributed by atoms with van der Waals surface area (Å²) in [6.45, 7) is 0. The molecule has 0 bridgehead atoms. The zero-order valence-corrected chi connectivity index (χ0v) is 15.5. The molecule has 0 spiro atoms. The van der Waals surface area contributed by atoms with E-state index in [0.717, 1.165) is 5.75 Å². The van der Waals surface area contributed by atoms with Crippen molar-refractivity contribution in [2.75, 3.05) is 17.3 Å². The second kappa shape index (κ2) is 8.37. The molecule has 2 aromatic heterocycles. The molecule has 0 fully saturated rings. The summed E-state index contributed by atoms with van der Waals surface area (Å²) in [5, 5.41) is 9.45. The van der Waals surface area contributed by atoms with Crippen LogP contribution in [0.15, 0.2) is 42.7 Å². The number of aromatic amines is 1. The van der Waals surface area contributed by atoms with Crippen molar-refractivity contribution in [1.29, 1.82) is 0 Å². The van der Waals surface area contributed by atoms with Gasteiger partial charge in [-0.25, -0.2) is 4.39 Å². The van der Waals surface area contributed by atoms with Gasteiger partial charge in [0.05, 0.1) is 5.02 Å². The molecule has 2 N–H and O–H groups in total. The van der Waals surface area contributed by atoms with Gasteiger partial charge in [-0.3, -0.25) is 15.2 Å². The molecule has 3 rings (SSSR count). The molecule has 0 unspecified atom stereocenters. The lowest BCUT2D eigenvalue weighted by molar-refractivity contribution is -0.119. The van der Waals surface area contributed by atoms with Crippen LogP contribution in [0.3, 0.4) is 0 Å². The molecule has 1 aromatic carbocycles. The van der Waals surface area contributed by atoms with Crippen LogP contribution in [0, 0.1) is 5.82 Å². The van der Waals surface area contributed by atoms with Gasteiger partial charge in [-0.1, -0.05) is 11.6 Å². The number of halogens is 2. The van der Waals surface area contributed by atoms with Crippen LogP contribution in [-0.2, 0) is 4.79 Å². The number of nitrogens with one attached hydrogen (secondary N) is 2. The van der Waals surface area contributed by atoms with Gasteiger partial charge in [0, 0.05) is 18.0 Å². The summed E-state index contributed by atoms with van der Waals surface area (Å²) < 4.78 is 15.1. The first-order chi connectivity index (χ1) is 12.6. The number of nitrogens with zero attached hydrogens (tertiary/aromatic N) is 3. The van der Waals surface area contributed by atoms with Crippen molar-refractivity contribution in [3.05, 3.63) is 53.6 Å². The van der Waals surface area contributed by atoms with Crippen LogP contribution in [0.4, 0.5) is 10.3 Å². The molecule has 0 saturated heterocycles. The summed E-state index contributed by atoms with van der Waals surface area (Å²) >= 11 is 7.47. The molecule has 1 amide bonds. The highest BCUT2D eigenvalue weighted by Gasteiger charge is 2.21. The number of aromatic nitrogens is 4. The first kappa shape index (κ1) is 18.5. The van der Waals surface area contributed by atoms with E-state index in [1.54, 1.807) is 11.8 Å². The fourth-order valence-electron chi connectivity index (χ4n) is 2.48. The smallest absolute Gasteiger partial charge is 0.249 e. The van der Waals surface area contributed by atoms with E-state index in [9.17, 15) is 9.18 Å². The molecule has 0 aliphatic heterocycles. The van der Waals surface area contributed by atoms with E-state index in [0.29, 0.717) is 17.8 Å². The molecule has 0 aliphatic rings. The summed E-state index contributed by atoms with van der Waals surface area (Å²) in [5.41, 5.74) is 0.578. The van der Waals surface area contributed by atoms with E-state index in [2.05, 4.69) is 20.5 Å². The van der Waals surface area contributed by atoms with E-state index in [4.69, 9.17) is 11.6 Å². The Balaban J connectivity index is 1.74. The topological polar surface area (TPSA) is 75.6 Å². The van der Waals surface area contributed by atoms with Crippen molar-refractivity contribution < 1.29 is 9.18 Å². The maximum atomic E-state index is 13.3. The number of carbonyl (C=O) groups excluding carboxylic acids is 1. The van der Waals surface area contributed by atoms with E-state index in [1.807, 2.05) is 35.3 Å². The minimum atomic E-state index is -0.508. The monoisotopic (exact) mass is 393 g/mol. The number of hydrogen-bond donors (Lipinski definition) is 2. The zero-order valence-electron chi connectivity index (χ0n) is 13.9. The van der Waals surface area contributed by atoms with Gasteiger partial charge in [0.25, 0.3) is 0 Å². The number of carbonyl (C=O) groups is 1. The molecular weight excluding hydrogens is 377 g/mol. The van der Waals surface area contributed by atoms with Crippen molar-refractivity contribution in [2.45, 2.75) is 12.5 Å². The minimum Gasteiger partial charge on any atom is -0.342 e. The van der Waals surface area contributed by atoms with Gasteiger partial charge in [-0.2, -0.15) is 16.7 Å². The van der Waals surface area contributed by atoms with Crippen molar-refractivity contribution in [1.82, 2.24) is 19.7 Å². The average Bonchev–Trinajstić information content (AvgIpc) is 3.30. The molecule has 0 saturated carbocycles. The molecule has 26 heavy (non-hydrogen) atoms. The Bertz CT molecular complexity index is 883. The normalized spacial score (nSPS) is 12.1. The molecule has 136 valence electrons. The van der Waals surface area contributed by atoms with Crippen molar-refractivity contribution in [2.24, 2.45) is 0 Å². The van der Waals surface area contributed by atoms with E-state index < -0.39 is 5.82 Å². The lowest BCUT2D eigenvalue weighted by Gasteiger charge is -2.17. The van der Waals surface area contributed by atoms with Crippen LogP contribution in [0.25, 0.3) is 11.4 Å². The van der Waals surface area contributed by atoms with Crippen LogP contribution in [0.2, 0.25) is 5.02 Å². The summed E-state index contributed by atoms with van der Waals surface area (Å²) in [6, 6.07) is 7.65. The van der Waals surface area contributed by atoms with Gasteiger partial charge in [0.2, 0.25) is 11.9 Å². The summed E-state index contributed by atoms with van der Waals surface area (Å²) in [4.78, 5) is 16.9. The quantitative estimate of drug-likeness (QED) is 0.636. The number of benzene rings is 1. The number of amides is 1. The van der Waals surface area contributed by atoms with Gasteiger partial charge in [-0.15, -0.1) is 5.10 Å². The van der Waals surface area contributed by atoms with E-state index >= 15 is 0 Å². The molecular formula is C17H17ClFN5OS. The molecule has 0 aliphatic carbocycles. The van der Waals surface area contributed by atoms with Crippen LogP contribution in [0.1, 0.15) is 12.5 Å². The number of thioether (sulfide) groups is 1. The van der Waals surface area contributed by atoms with Crippen LogP contribution in [0.5, 0.6) is 0 Å². The van der Waals surface area contributed by atoms with E-state index in [1.165, 1.54) is 18.2 Å². The Morgan fingerprint density at radius 1 is 1.42 bits per heavy atom. The minimum absolute atomic E-state index is 0.00535. The fraction of sp³-hybridized carbons (Fsp3) is 0.235. The third-order valence-corrected chi connectivity index (χ3v) is 4.73. The highest BCUT2D eigenvalue weighted by atomic mass is 35.5. The third-order valence-electron chi connectivity index (χ3n) is 3.80. The highest BCUT2D eigenvalue weighted by molar-refractivity contribution is 7.98. The van der Waals surface area contributed by atoms with E-state index in [-0.39, 0.29) is 22.9 Å². The van der Waals surface area contributed by atoms with Crippen molar-refractivity contribution in [3.8, 4) is 11.4 Å². The lowest BCUT2D eigenvalue weighted by atomic mass is 10.2. The lowest BCUT2D eigenvalue weighted by Crippen LogP contribution is -2.26. The largest absolute Gasteiger partial charge is 0.342 e. The Kier molecular flexibility index (Phi) is 5.95. The van der Waals surface area contributed by atoms with Gasteiger partial charge in [0.15, 0.2) is 5.82 Å². The molecule has 0 radical (unpaired) electrons. The molecule has 9 heteroatoms. The zero-order chi connectivity index (χ0) is 18.5. The summed E-state index contributed by atoms with van der Waals surface area (Å²) in [7, 11) is 0. The Morgan fingerprint density at radius 2 is 2.19 bits per heavy atom. The standard InChI is InChI=1S/C17H17ClFN5OS/c1-26-9-6-14(24-7-2-3-8-24)16(25)21-17-20-15(22-23-17)11-4-5-13(19)12(18)10-11/h2-5,7-8,10,14H,6,9H2,1H3,(H2,20,21,22,23,25)/t14-/m0/s1. The number of H-pyrrole nitrogens is 1. The summed E-state index contributed by atoms with van der Waals surface area (Å²) in [5.74, 6) is 0.698. The summed E-state index contributed by atoms with van der Waals surface area (Å²) in [6.07, 6.45) is 6.40. The van der Waals surface area contributed by atoms with Gasteiger partial charge >= 0.3 is 0 Å². The van der Waals surface area contributed by atoms with Crippen LogP contribution >= 0.6 is 23.4 Å². The Labute approximate surface area is 159 Å². The first-order valence-corrected chi connectivity index (χ1v) is 9.65. The van der Waals surface area contributed by atoms with Crippen molar-refractivity contribution >= 4 is 35.2 Å². The van der Waals surface area contributed by atoms with Crippen molar-refractivity contribution in [3.63, 3.8) is 0 Å². The molecule has 6 nitrogen and oxygen atoms in total.